The molecule has 6 heteroatoms. The van der Waals surface area contributed by atoms with Crippen molar-refractivity contribution >= 4 is 16.5 Å². The fourth-order valence-electron chi connectivity index (χ4n) is 1.28. The molecule has 1 aromatic heterocycles. The summed E-state index contributed by atoms with van der Waals surface area (Å²) in [5.41, 5.74) is -0.895. The molecule has 15 heavy (non-hydrogen) atoms. The molecule has 0 fully saturated rings. The predicted octanol–water partition coefficient (Wildman–Crippen LogP) is 1.41. The van der Waals surface area contributed by atoms with E-state index in [0.717, 1.165) is 6.07 Å². The van der Waals surface area contributed by atoms with Crippen LogP contribution in [0.2, 0.25) is 0 Å². The highest BCUT2D eigenvalue weighted by molar-refractivity contribution is 5.87. The van der Waals surface area contributed by atoms with Gasteiger partial charge in [-0.3, -0.25) is 10.1 Å². The Morgan fingerprint density at radius 2 is 2.07 bits per heavy atom. The summed E-state index contributed by atoms with van der Waals surface area (Å²) in [6.07, 6.45) is 0. The van der Waals surface area contributed by atoms with Gasteiger partial charge in [0, 0.05) is 23.6 Å². The van der Waals surface area contributed by atoms with Crippen LogP contribution in [0.15, 0.2) is 33.5 Å². The summed E-state index contributed by atoms with van der Waals surface area (Å²) in [4.78, 5) is 20.8. The monoisotopic (exact) mass is 207 g/mol. The standard InChI is InChI=1S/C9H5NO5/c11-8-4-5-3-6(10(13)14)1-2-7(5)9(12)15-8/h1-4,12H. The van der Waals surface area contributed by atoms with Crippen molar-refractivity contribution < 1.29 is 14.4 Å². The number of nitro groups is 1. The summed E-state index contributed by atoms with van der Waals surface area (Å²) in [6.45, 7) is 0. The largest absolute Gasteiger partial charge is 0.480 e. The van der Waals surface area contributed by atoms with Gasteiger partial charge in [0.05, 0.1) is 10.3 Å². The van der Waals surface area contributed by atoms with E-state index in [9.17, 15) is 20.0 Å². The zero-order valence-electron chi connectivity index (χ0n) is 7.34. The summed E-state index contributed by atoms with van der Waals surface area (Å²) in [5.74, 6) is -0.535. The van der Waals surface area contributed by atoms with Gasteiger partial charge in [0.25, 0.3) is 11.6 Å². The van der Waals surface area contributed by atoms with E-state index in [-0.39, 0.29) is 16.5 Å². The fourth-order valence-corrected chi connectivity index (χ4v) is 1.28. The average molecular weight is 207 g/mol. The molecule has 1 N–H and O–H groups in total. The molecule has 2 rings (SSSR count). The van der Waals surface area contributed by atoms with Crippen molar-refractivity contribution in [3.8, 4) is 5.95 Å². The van der Waals surface area contributed by atoms with Gasteiger partial charge < -0.3 is 9.52 Å². The van der Waals surface area contributed by atoms with Crippen LogP contribution in [0.5, 0.6) is 5.95 Å². The van der Waals surface area contributed by atoms with Crippen molar-refractivity contribution in [2.24, 2.45) is 0 Å². The zero-order valence-corrected chi connectivity index (χ0v) is 7.34. The lowest BCUT2D eigenvalue weighted by atomic mass is 10.1. The number of nitrogens with zero attached hydrogens (tertiary/aromatic N) is 1. The minimum atomic E-state index is -0.750. The van der Waals surface area contributed by atoms with Crippen LogP contribution in [0, 0.1) is 10.1 Å². The SMILES string of the molecule is O=c1cc2cc([N+](=O)[O-])ccc2c(O)o1. The molecule has 0 saturated carbocycles. The predicted molar refractivity (Wildman–Crippen MR) is 50.8 cm³/mol. The number of nitro benzene ring substituents is 1. The molecule has 1 heterocycles. The molecular weight excluding hydrogens is 202 g/mol. The van der Waals surface area contributed by atoms with Gasteiger partial charge in [-0.15, -0.1) is 0 Å². The van der Waals surface area contributed by atoms with E-state index in [1.807, 2.05) is 0 Å². The van der Waals surface area contributed by atoms with E-state index in [0.29, 0.717) is 0 Å². The Hall–Kier alpha value is -2.37. The number of benzene rings is 1. The minimum Gasteiger partial charge on any atom is -0.480 e. The Bertz CT molecular complexity index is 601. The summed E-state index contributed by atoms with van der Waals surface area (Å²) in [6, 6.07) is 4.84. The van der Waals surface area contributed by atoms with Crippen LogP contribution in [-0.2, 0) is 0 Å². The van der Waals surface area contributed by atoms with E-state index in [4.69, 9.17) is 0 Å². The van der Waals surface area contributed by atoms with E-state index in [2.05, 4.69) is 4.42 Å². The van der Waals surface area contributed by atoms with Crippen molar-refractivity contribution in [2.45, 2.75) is 0 Å². The third-order valence-corrected chi connectivity index (χ3v) is 1.95. The van der Waals surface area contributed by atoms with Crippen LogP contribution in [-0.4, -0.2) is 10.0 Å². The van der Waals surface area contributed by atoms with Gasteiger partial charge in [0.1, 0.15) is 0 Å². The van der Waals surface area contributed by atoms with Crippen molar-refractivity contribution in [1.29, 1.82) is 0 Å². The first-order valence-corrected chi connectivity index (χ1v) is 3.99. The third-order valence-electron chi connectivity index (χ3n) is 1.95. The molecule has 76 valence electrons. The number of hydrogen-bond acceptors (Lipinski definition) is 5. The van der Waals surface area contributed by atoms with Gasteiger partial charge in [-0.05, 0) is 6.07 Å². The van der Waals surface area contributed by atoms with Crippen LogP contribution in [0.4, 0.5) is 5.69 Å². The second kappa shape index (κ2) is 3.09. The molecule has 0 amide bonds. The molecule has 0 saturated heterocycles. The Morgan fingerprint density at radius 1 is 1.33 bits per heavy atom. The van der Waals surface area contributed by atoms with Crippen LogP contribution >= 0.6 is 0 Å². The summed E-state index contributed by atoms with van der Waals surface area (Å²) in [5, 5.41) is 20.2. The van der Waals surface area contributed by atoms with Crippen LogP contribution in [0.3, 0.4) is 0 Å². The third kappa shape index (κ3) is 1.52. The molecule has 0 aliphatic rings. The lowest BCUT2D eigenvalue weighted by Gasteiger charge is -1.97. The maximum atomic E-state index is 10.9. The topological polar surface area (TPSA) is 93.6 Å². The highest BCUT2D eigenvalue weighted by Crippen LogP contribution is 2.25. The molecular formula is C9H5NO5. The fraction of sp³-hybridized carbons (Fsp3) is 0. The highest BCUT2D eigenvalue weighted by Gasteiger charge is 2.10. The van der Waals surface area contributed by atoms with Gasteiger partial charge in [-0.25, -0.2) is 4.79 Å². The van der Waals surface area contributed by atoms with Crippen LogP contribution < -0.4 is 5.63 Å². The maximum Gasteiger partial charge on any atom is 0.339 e. The molecule has 0 atom stereocenters. The lowest BCUT2D eigenvalue weighted by Crippen LogP contribution is -1.96. The highest BCUT2D eigenvalue weighted by atomic mass is 16.6. The number of hydrogen-bond donors (Lipinski definition) is 1. The molecule has 0 aliphatic carbocycles. The second-order valence-corrected chi connectivity index (χ2v) is 2.90. The summed E-state index contributed by atoms with van der Waals surface area (Å²) >= 11 is 0. The molecule has 2 aromatic rings. The second-order valence-electron chi connectivity index (χ2n) is 2.90. The lowest BCUT2D eigenvalue weighted by molar-refractivity contribution is -0.384. The van der Waals surface area contributed by atoms with E-state index in [1.54, 1.807) is 0 Å². The van der Waals surface area contributed by atoms with Gasteiger partial charge in [-0.1, -0.05) is 0 Å². The van der Waals surface area contributed by atoms with Gasteiger partial charge in [0.15, 0.2) is 0 Å². The number of fused-ring (bicyclic) bond motifs is 1. The molecule has 0 unspecified atom stereocenters. The molecule has 0 radical (unpaired) electrons. The van der Waals surface area contributed by atoms with Crippen molar-refractivity contribution in [2.75, 3.05) is 0 Å². The number of aromatic hydroxyl groups is 1. The van der Waals surface area contributed by atoms with Gasteiger partial charge in [-0.2, -0.15) is 0 Å². The smallest absolute Gasteiger partial charge is 0.339 e. The molecule has 0 bridgehead atoms. The summed E-state index contributed by atoms with van der Waals surface area (Å²) in [7, 11) is 0. The number of rotatable bonds is 1. The van der Waals surface area contributed by atoms with Gasteiger partial charge >= 0.3 is 5.63 Å². The Labute approximate surface area is 82.5 Å². The van der Waals surface area contributed by atoms with Crippen LogP contribution in [0.25, 0.3) is 10.8 Å². The van der Waals surface area contributed by atoms with E-state index >= 15 is 0 Å². The zero-order chi connectivity index (χ0) is 11.0. The first-order chi connectivity index (χ1) is 7.08. The quantitative estimate of drug-likeness (QED) is 0.563. The van der Waals surface area contributed by atoms with E-state index < -0.39 is 16.5 Å². The number of non-ortho nitro benzene ring substituents is 1. The van der Waals surface area contributed by atoms with Gasteiger partial charge in [0.2, 0.25) is 0 Å². The van der Waals surface area contributed by atoms with Crippen molar-refractivity contribution in [1.82, 2.24) is 0 Å². The first kappa shape index (κ1) is 9.20. The molecule has 0 aliphatic heterocycles. The minimum absolute atomic E-state index is 0.146. The van der Waals surface area contributed by atoms with Crippen molar-refractivity contribution in [3.05, 3.63) is 44.8 Å². The Morgan fingerprint density at radius 3 is 2.73 bits per heavy atom. The summed E-state index contributed by atoms with van der Waals surface area (Å²) < 4.78 is 4.42. The normalized spacial score (nSPS) is 10.4. The Balaban J connectivity index is 2.82. The first-order valence-electron chi connectivity index (χ1n) is 3.99. The molecule has 6 nitrogen and oxygen atoms in total. The maximum absolute atomic E-state index is 10.9. The van der Waals surface area contributed by atoms with Crippen molar-refractivity contribution in [3.63, 3.8) is 0 Å². The average Bonchev–Trinajstić information content (AvgIpc) is 2.16. The Kier molecular flexibility index (Phi) is 1.89. The molecule has 1 aromatic carbocycles. The van der Waals surface area contributed by atoms with E-state index in [1.165, 1.54) is 18.2 Å². The molecule has 0 spiro atoms. The van der Waals surface area contributed by atoms with Crippen LogP contribution in [0.1, 0.15) is 0 Å².